The van der Waals surface area contributed by atoms with Gasteiger partial charge in [0.25, 0.3) is 5.56 Å². The van der Waals surface area contributed by atoms with E-state index in [1.807, 2.05) is 42.5 Å². The van der Waals surface area contributed by atoms with Crippen LogP contribution >= 0.6 is 0 Å². The number of para-hydroxylation sites is 2. The average molecular weight is 401 g/mol. The number of benzene rings is 2. The van der Waals surface area contributed by atoms with Crippen LogP contribution in [-0.2, 0) is 11.3 Å². The summed E-state index contributed by atoms with van der Waals surface area (Å²) in [5.41, 5.74) is 1.44. The number of fused-ring (bicyclic) bond motifs is 3. The summed E-state index contributed by atoms with van der Waals surface area (Å²) in [4.78, 5) is 33.5. The Morgan fingerprint density at radius 2 is 1.90 bits per heavy atom. The van der Waals surface area contributed by atoms with Crippen molar-refractivity contribution in [2.75, 3.05) is 7.11 Å². The first-order valence-electron chi connectivity index (χ1n) is 10.2. The number of aromatic nitrogens is 2. The molecule has 2 aliphatic rings. The number of carbonyl (C=O) groups excluding carboxylic acids is 1. The number of allylic oxidation sites excluding steroid dienone is 2. The maximum absolute atomic E-state index is 13.2. The zero-order chi connectivity index (χ0) is 20.7. The summed E-state index contributed by atoms with van der Waals surface area (Å²) in [6.07, 6.45) is 5.20. The first-order valence-corrected chi connectivity index (χ1v) is 10.2. The minimum Gasteiger partial charge on any atom is -0.496 e. The van der Waals surface area contributed by atoms with Crippen LogP contribution in [0.5, 0.6) is 5.75 Å². The summed E-state index contributed by atoms with van der Waals surface area (Å²) in [5, 5.41) is 3.65. The van der Waals surface area contributed by atoms with Crippen molar-refractivity contribution in [1.29, 1.82) is 0 Å². The molecule has 0 saturated heterocycles. The van der Waals surface area contributed by atoms with Crippen LogP contribution in [0, 0.1) is 17.8 Å². The molecule has 6 nitrogen and oxygen atoms in total. The Kier molecular flexibility index (Phi) is 4.62. The Labute approximate surface area is 174 Å². The molecule has 0 aliphatic heterocycles. The number of hydrogen-bond donors (Lipinski definition) is 2. The number of nitrogens with one attached hydrogen (secondary N) is 2. The van der Waals surface area contributed by atoms with E-state index in [4.69, 9.17) is 9.72 Å². The molecule has 2 bridgehead atoms. The number of nitrogens with zero attached hydrogens (tertiary/aromatic N) is 1. The molecule has 1 heterocycles. The molecule has 6 heteroatoms. The van der Waals surface area contributed by atoms with Crippen molar-refractivity contribution in [2.45, 2.75) is 18.9 Å². The summed E-state index contributed by atoms with van der Waals surface area (Å²) in [5.74, 6) is 1.33. The van der Waals surface area contributed by atoms with E-state index in [0.717, 1.165) is 17.7 Å². The molecule has 4 atom stereocenters. The summed E-state index contributed by atoms with van der Waals surface area (Å²) >= 11 is 0. The number of rotatable bonds is 5. The van der Waals surface area contributed by atoms with Crippen LogP contribution in [0.3, 0.4) is 0 Å². The molecule has 0 radical (unpaired) electrons. The predicted octanol–water partition coefficient (Wildman–Crippen LogP) is 3.15. The average Bonchev–Trinajstić information content (AvgIpc) is 3.39. The van der Waals surface area contributed by atoms with E-state index < -0.39 is 0 Å². The van der Waals surface area contributed by atoms with E-state index in [1.165, 1.54) is 0 Å². The number of ether oxygens (including phenoxy) is 1. The number of H-pyrrole nitrogens is 1. The fraction of sp³-hybridized carbons (Fsp3) is 0.292. The minimum absolute atomic E-state index is 0.0152. The van der Waals surface area contributed by atoms with Gasteiger partial charge >= 0.3 is 0 Å². The number of hydrogen-bond acceptors (Lipinski definition) is 4. The van der Waals surface area contributed by atoms with E-state index in [0.29, 0.717) is 23.3 Å². The van der Waals surface area contributed by atoms with Crippen LogP contribution in [0.2, 0.25) is 0 Å². The highest BCUT2D eigenvalue weighted by Crippen LogP contribution is 2.52. The lowest BCUT2D eigenvalue weighted by molar-refractivity contribution is -0.126. The fourth-order valence-corrected chi connectivity index (χ4v) is 4.96. The van der Waals surface area contributed by atoms with Gasteiger partial charge in [-0.15, -0.1) is 0 Å². The highest BCUT2D eigenvalue weighted by atomic mass is 16.5. The van der Waals surface area contributed by atoms with Gasteiger partial charge in [0.05, 0.1) is 23.9 Å². The molecule has 1 fully saturated rings. The summed E-state index contributed by atoms with van der Waals surface area (Å²) in [6, 6.07) is 15.0. The van der Waals surface area contributed by atoms with Crippen molar-refractivity contribution in [3.8, 4) is 5.75 Å². The number of methoxy groups -OCH3 is 1. The lowest BCUT2D eigenvalue weighted by Gasteiger charge is -2.26. The highest BCUT2D eigenvalue weighted by molar-refractivity contribution is 5.82. The third kappa shape index (κ3) is 3.09. The van der Waals surface area contributed by atoms with Gasteiger partial charge < -0.3 is 15.0 Å². The molecule has 2 N–H and O–H groups in total. The van der Waals surface area contributed by atoms with Gasteiger partial charge in [-0.1, -0.05) is 42.5 Å². The summed E-state index contributed by atoms with van der Waals surface area (Å²) in [6.45, 7) is 0.398. The first kappa shape index (κ1) is 18.6. The third-order valence-electron chi connectivity index (χ3n) is 6.35. The molecule has 1 saturated carbocycles. The molecule has 152 valence electrons. The zero-order valence-corrected chi connectivity index (χ0v) is 16.7. The quantitative estimate of drug-likeness (QED) is 0.644. The van der Waals surface area contributed by atoms with Crippen LogP contribution in [-0.4, -0.2) is 23.0 Å². The molecule has 0 unspecified atom stereocenters. The Morgan fingerprint density at radius 1 is 1.13 bits per heavy atom. The minimum atomic E-state index is -0.251. The van der Waals surface area contributed by atoms with Crippen molar-refractivity contribution >= 4 is 16.8 Å². The summed E-state index contributed by atoms with van der Waals surface area (Å²) in [7, 11) is 1.62. The molecule has 30 heavy (non-hydrogen) atoms. The zero-order valence-electron chi connectivity index (χ0n) is 16.7. The molecule has 1 amide bonds. The van der Waals surface area contributed by atoms with Crippen LogP contribution < -0.4 is 15.6 Å². The van der Waals surface area contributed by atoms with Crippen molar-refractivity contribution < 1.29 is 9.53 Å². The van der Waals surface area contributed by atoms with Crippen molar-refractivity contribution in [3.05, 3.63) is 82.4 Å². The molecular weight excluding hydrogens is 378 g/mol. The van der Waals surface area contributed by atoms with Gasteiger partial charge in [0, 0.05) is 18.0 Å². The first-order chi connectivity index (χ1) is 14.7. The Morgan fingerprint density at radius 3 is 2.77 bits per heavy atom. The predicted molar refractivity (Wildman–Crippen MR) is 114 cm³/mol. The Bertz CT molecular complexity index is 1200. The van der Waals surface area contributed by atoms with Crippen LogP contribution in [0.1, 0.15) is 23.7 Å². The molecule has 1 aromatic heterocycles. The molecular formula is C24H23N3O3. The van der Waals surface area contributed by atoms with Crippen LogP contribution in [0.4, 0.5) is 0 Å². The maximum atomic E-state index is 13.2. The van der Waals surface area contributed by atoms with Gasteiger partial charge in [0.1, 0.15) is 11.6 Å². The second-order valence-corrected chi connectivity index (χ2v) is 8.00. The fourth-order valence-electron chi connectivity index (χ4n) is 4.96. The van der Waals surface area contributed by atoms with Gasteiger partial charge in [0.15, 0.2) is 0 Å². The van der Waals surface area contributed by atoms with Crippen molar-refractivity contribution in [1.82, 2.24) is 15.3 Å². The van der Waals surface area contributed by atoms with E-state index in [-0.39, 0.29) is 35.1 Å². The Balaban J connectivity index is 1.44. The smallest absolute Gasteiger partial charge is 0.258 e. The molecule has 2 aromatic carbocycles. The number of aromatic amines is 1. The van der Waals surface area contributed by atoms with E-state index in [2.05, 4.69) is 22.5 Å². The van der Waals surface area contributed by atoms with E-state index >= 15 is 0 Å². The standard InChI is InChI=1S/C24H23N3O3/c1-30-19-9-5-2-6-16(19)13-25-24(29)21-15-11-10-14(12-15)20(21)22-26-18-8-4-3-7-17(18)23(28)27-22/h2-11,14-15,20-21H,12-13H2,1H3,(H,25,29)(H,26,27,28)/t14-,15-,20-,21-/m0/s1. The van der Waals surface area contributed by atoms with Crippen LogP contribution in [0.15, 0.2) is 65.5 Å². The van der Waals surface area contributed by atoms with Crippen molar-refractivity contribution in [2.24, 2.45) is 17.8 Å². The highest BCUT2D eigenvalue weighted by Gasteiger charge is 2.49. The Hall–Kier alpha value is -3.41. The lowest BCUT2D eigenvalue weighted by atomic mass is 9.81. The SMILES string of the molecule is COc1ccccc1CNC(=O)[C@@H]1[C@@H](c2nc3ccccc3c(=O)[nH]2)[C@H]2C=C[C@H]1C2. The second-order valence-electron chi connectivity index (χ2n) is 8.00. The van der Waals surface area contributed by atoms with Crippen LogP contribution in [0.25, 0.3) is 10.9 Å². The van der Waals surface area contributed by atoms with Gasteiger partial charge in [-0.25, -0.2) is 4.98 Å². The monoisotopic (exact) mass is 401 g/mol. The van der Waals surface area contributed by atoms with Gasteiger partial charge in [-0.05, 0) is 36.5 Å². The topological polar surface area (TPSA) is 84.1 Å². The van der Waals surface area contributed by atoms with E-state index in [9.17, 15) is 9.59 Å². The lowest BCUT2D eigenvalue weighted by Crippen LogP contribution is -2.37. The van der Waals surface area contributed by atoms with Gasteiger partial charge in [-0.2, -0.15) is 0 Å². The second kappa shape index (κ2) is 7.44. The molecule has 0 spiro atoms. The molecule has 5 rings (SSSR count). The third-order valence-corrected chi connectivity index (χ3v) is 6.35. The van der Waals surface area contributed by atoms with Gasteiger partial charge in [0.2, 0.25) is 5.91 Å². The van der Waals surface area contributed by atoms with Crippen molar-refractivity contribution in [3.63, 3.8) is 0 Å². The largest absolute Gasteiger partial charge is 0.496 e. The molecule has 2 aliphatic carbocycles. The number of amides is 1. The molecule has 3 aromatic rings. The maximum Gasteiger partial charge on any atom is 0.258 e. The van der Waals surface area contributed by atoms with Gasteiger partial charge in [-0.3, -0.25) is 9.59 Å². The summed E-state index contributed by atoms with van der Waals surface area (Å²) < 4.78 is 5.38. The van der Waals surface area contributed by atoms with E-state index in [1.54, 1.807) is 13.2 Å². The number of carbonyl (C=O) groups is 1. The normalized spacial score (nSPS) is 24.3.